The van der Waals surface area contributed by atoms with Crippen molar-refractivity contribution in [2.24, 2.45) is 0 Å². The van der Waals surface area contributed by atoms with Gasteiger partial charge in [-0.25, -0.2) is 8.78 Å². The van der Waals surface area contributed by atoms with E-state index in [1.165, 1.54) is 10.7 Å². The quantitative estimate of drug-likeness (QED) is 0.547. The number of carbonyl (C=O) groups excluding carboxylic acids is 1. The first-order valence-corrected chi connectivity index (χ1v) is 7.93. The first kappa shape index (κ1) is 18.8. The van der Waals surface area contributed by atoms with Crippen LogP contribution in [0.15, 0.2) is 12.3 Å². The van der Waals surface area contributed by atoms with Gasteiger partial charge in [-0.05, 0) is 39.1 Å². The van der Waals surface area contributed by atoms with Gasteiger partial charge in [0.2, 0.25) is 0 Å². The number of rotatable bonds is 5. The zero-order valence-corrected chi connectivity index (χ0v) is 14.8. The number of nitrogens with one attached hydrogen (secondary N) is 3. The van der Waals surface area contributed by atoms with Crippen LogP contribution in [0.5, 0.6) is 0 Å². The summed E-state index contributed by atoms with van der Waals surface area (Å²) in [5.41, 5.74) is 6.67. The lowest BCUT2D eigenvalue weighted by Crippen LogP contribution is -2.45. The highest BCUT2D eigenvalue weighted by molar-refractivity contribution is 7.80. The molecule has 0 unspecified atom stereocenters. The lowest BCUT2D eigenvalue weighted by Gasteiger charge is -2.12. The predicted molar refractivity (Wildman–Crippen MR) is 92.1 cm³/mol. The van der Waals surface area contributed by atoms with E-state index in [4.69, 9.17) is 12.2 Å². The van der Waals surface area contributed by atoms with Gasteiger partial charge in [-0.2, -0.15) is 10.2 Å². The van der Waals surface area contributed by atoms with Gasteiger partial charge in [-0.3, -0.25) is 25.0 Å². The van der Waals surface area contributed by atoms with E-state index in [9.17, 15) is 13.6 Å². The summed E-state index contributed by atoms with van der Waals surface area (Å²) >= 11 is 5.09. The van der Waals surface area contributed by atoms with Gasteiger partial charge in [0, 0.05) is 12.2 Å². The van der Waals surface area contributed by atoms with E-state index in [1.54, 1.807) is 17.8 Å². The topological polar surface area (TPSA) is 88.8 Å². The highest BCUT2D eigenvalue weighted by atomic mass is 32.1. The van der Waals surface area contributed by atoms with Crippen LogP contribution >= 0.6 is 12.2 Å². The van der Waals surface area contributed by atoms with Crippen LogP contribution in [0.3, 0.4) is 0 Å². The first-order chi connectivity index (χ1) is 11.8. The van der Waals surface area contributed by atoms with Gasteiger partial charge in [0.05, 0.1) is 17.6 Å². The zero-order valence-electron chi connectivity index (χ0n) is 14.0. The molecule has 1 amide bonds. The SMILES string of the molecule is CCn1ncc(NC(=S)NNC(=O)Cn2nc(C(F)F)cc2C)c1C. The van der Waals surface area contributed by atoms with E-state index < -0.39 is 12.3 Å². The van der Waals surface area contributed by atoms with E-state index in [-0.39, 0.29) is 17.4 Å². The van der Waals surface area contributed by atoms with Crippen molar-refractivity contribution in [3.8, 4) is 0 Å². The summed E-state index contributed by atoms with van der Waals surface area (Å²) < 4.78 is 28.2. The minimum absolute atomic E-state index is 0.178. The minimum atomic E-state index is -2.68. The number of hydrogen-bond acceptors (Lipinski definition) is 4. The molecule has 0 radical (unpaired) electrons. The fraction of sp³-hybridized carbons (Fsp3) is 0.429. The van der Waals surface area contributed by atoms with Crippen LogP contribution in [-0.2, 0) is 17.9 Å². The van der Waals surface area contributed by atoms with Gasteiger partial charge < -0.3 is 5.32 Å². The third-order valence-electron chi connectivity index (χ3n) is 3.48. The van der Waals surface area contributed by atoms with Gasteiger partial charge in [0.1, 0.15) is 12.2 Å². The molecule has 8 nitrogen and oxygen atoms in total. The largest absolute Gasteiger partial charge is 0.329 e. The summed E-state index contributed by atoms with van der Waals surface area (Å²) in [5, 5.41) is 11.0. The smallest absolute Gasteiger partial charge is 0.282 e. The predicted octanol–water partition coefficient (Wildman–Crippen LogP) is 1.67. The molecule has 25 heavy (non-hydrogen) atoms. The van der Waals surface area contributed by atoms with Crippen LogP contribution in [0.2, 0.25) is 0 Å². The molecule has 136 valence electrons. The fourth-order valence-electron chi connectivity index (χ4n) is 2.15. The average Bonchev–Trinajstić information content (AvgIpc) is 3.09. The molecule has 0 aliphatic heterocycles. The van der Waals surface area contributed by atoms with E-state index in [2.05, 4.69) is 26.4 Å². The van der Waals surface area contributed by atoms with Crippen molar-refractivity contribution < 1.29 is 13.6 Å². The van der Waals surface area contributed by atoms with Gasteiger partial charge in [-0.15, -0.1) is 0 Å². The van der Waals surface area contributed by atoms with Gasteiger partial charge in [-0.1, -0.05) is 0 Å². The second kappa shape index (κ2) is 8.01. The molecule has 0 atom stereocenters. The number of thiocarbonyl (C=S) groups is 1. The second-order valence-corrected chi connectivity index (χ2v) is 5.66. The Morgan fingerprint density at radius 3 is 2.60 bits per heavy atom. The Morgan fingerprint density at radius 1 is 1.32 bits per heavy atom. The zero-order chi connectivity index (χ0) is 18.6. The lowest BCUT2D eigenvalue weighted by molar-refractivity contribution is -0.122. The molecule has 0 aliphatic rings. The molecule has 2 aromatic heterocycles. The molecule has 0 saturated heterocycles. The molecular formula is C14H19F2N7OS. The number of nitrogens with zero attached hydrogens (tertiary/aromatic N) is 4. The Kier molecular flexibility index (Phi) is 6.02. The normalized spacial score (nSPS) is 10.8. The summed E-state index contributed by atoms with van der Waals surface area (Å²) in [5.74, 6) is -0.475. The molecule has 0 fully saturated rings. The molecule has 2 rings (SSSR count). The summed E-state index contributed by atoms with van der Waals surface area (Å²) in [7, 11) is 0. The molecule has 0 bridgehead atoms. The number of carbonyl (C=O) groups is 1. The Balaban J connectivity index is 1.85. The van der Waals surface area contributed by atoms with Crippen LogP contribution < -0.4 is 16.2 Å². The Morgan fingerprint density at radius 2 is 2.04 bits per heavy atom. The number of hydrogen-bond donors (Lipinski definition) is 3. The van der Waals surface area contributed by atoms with E-state index in [0.29, 0.717) is 5.69 Å². The number of anilines is 1. The number of aryl methyl sites for hydroxylation is 2. The first-order valence-electron chi connectivity index (χ1n) is 7.52. The van der Waals surface area contributed by atoms with Crippen molar-refractivity contribution in [2.75, 3.05) is 5.32 Å². The molecule has 2 heterocycles. The Bertz CT molecular complexity index is 771. The molecular weight excluding hydrogens is 352 g/mol. The Labute approximate surface area is 148 Å². The maximum atomic E-state index is 12.6. The molecule has 0 saturated carbocycles. The number of alkyl halides is 2. The van der Waals surface area contributed by atoms with Crippen molar-refractivity contribution in [1.29, 1.82) is 0 Å². The lowest BCUT2D eigenvalue weighted by atomic mass is 10.4. The van der Waals surface area contributed by atoms with Crippen LogP contribution in [-0.4, -0.2) is 30.6 Å². The van der Waals surface area contributed by atoms with Crippen molar-refractivity contribution in [3.05, 3.63) is 29.3 Å². The molecule has 3 N–H and O–H groups in total. The van der Waals surface area contributed by atoms with E-state index >= 15 is 0 Å². The highest BCUT2D eigenvalue weighted by Crippen LogP contribution is 2.17. The van der Waals surface area contributed by atoms with Crippen LogP contribution in [0, 0.1) is 13.8 Å². The van der Waals surface area contributed by atoms with Crippen molar-refractivity contribution in [1.82, 2.24) is 30.4 Å². The number of aromatic nitrogens is 4. The van der Waals surface area contributed by atoms with Crippen LogP contribution in [0.25, 0.3) is 0 Å². The molecule has 0 aromatic carbocycles. The summed E-state index contributed by atoms with van der Waals surface area (Å²) in [6.07, 6.45) is -1.04. The minimum Gasteiger partial charge on any atom is -0.329 e. The third kappa shape index (κ3) is 4.72. The summed E-state index contributed by atoms with van der Waals surface area (Å²) in [6.45, 7) is 5.98. The average molecular weight is 371 g/mol. The maximum absolute atomic E-state index is 12.6. The van der Waals surface area contributed by atoms with E-state index in [1.807, 2.05) is 13.8 Å². The van der Waals surface area contributed by atoms with Gasteiger partial charge in [0.25, 0.3) is 12.3 Å². The summed E-state index contributed by atoms with van der Waals surface area (Å²) in [4.78, 5) is 11.9. The van der Waals surface area contributed by atoms with Crippen molar-refractivity contribution >= 4 is 28.9 Å². The fourth-order valence-corrected chi connectivity index (χ4v) is 2.31. The van der Waals surface area contributed by atoms with Crippen molar-refractivity contribution in [2.45, 2.75) is 40.3 Å². The Hall–Kier alpha value is -2.56. The second-order valence-electron chi connectivity index (χ2n) is 5.26. The monoisotopic (exact) mass is 371 g/mol. The molecule has 0 aliphatic carbocycles. The van der Waals surface area contributed by atoms with Crippen LogP contribution in [0.1, 0.15) is 30.4 Å². The van der Waals surface area contributed by atoms with Crippen molar-refractivity contribution in [3.63, 3.8) is 0 Å². The van der Waals surface area contributed by atoms with Gasteiger partial charge >= 0.3 is 0 Å². The maximum Gasteiger partial charge on any atom is 0.282 e. The molecule has 11 heteroatoms. The third-order valence-corrected chi connectivity index (χ3v) is 3.69. The number of halogens is 2. The summed E-state index contributed by atoms with van der Waals surface area (Å²) in [6, 6.07) is 1.24. The molecule has 0 spiro atoms. The van der Waals surface area contributed by atoms with Gasteiger partial charge in [0.15, 0.2) is 5.11 Å². The van der Waals surface area contributed by atoms with Crippen LogP contribution in [0.4, 0.5) is 14.5 Å². The molecule has 2 aromatic rings. The highest BCUT2D eigenvalue weighted by Gasteiger charge is 2.15. The number of hydrazine groups is 1. The standard InChI is InChI=1S/C14H19F2N7OS/c1-4-22-9(3)11(6-17-22)18-14(25)20-19-12(24)7-23-8(2)5-10(21-23)13(15)16/h5-6,13H,4,7H2,1-3H3,(H,19,24)(H2,18,20,25). The van der Waals surface area contributed by atoms with E-state index in [0.717, 1.165) is 17.9 Å². The number of amides is 1.